The molecule has 0 saturated heterocycles. The molecule has 0 spiro atoms. The van der Waals surface area contributed by atoms with Crippen molar-refractivity contribution >= 4 is 17.6 Å². The van der Waals surface area contributed by atoms with Crippen molar-refractivity contribution < 1.29 is 9.59 Å². The molecule has 0 aliphatic carbocycles. The van der Waals surface area contributed by atoms with E-state index in [-0.39, 0.29) is 23.3 Å². The fourth-order valence-electron chi connectivity index (χ4n) is 2.64. The Balaban J connectivity index is 1.90. The highest BCUT2D eigenvalue weighted by atomic mass is 16.2. The quantitative estimate of drug-likeness (QED) is 0.624. The molecule has 2 heterocycles. The minimum absolute atomic E-state index is 0.0101. The van der Waals surface area contributed by atoms with Crippen molar-refractivity contribution in [3.63, 3.8) is 0 Å². The monoisotopic (exact) mass is 368 g/mol. The summed E-state index contributed by atoms with van der Waals surface area (Å²) in [7, 11) is 1.46. The lowest BCUT2D eigenvalue weighted by Gasteiger charge is -2.12. The first-order valence-electron chi connectivity index (χ1n) is 8.39. The molecule has 10 nitrogen and oxygen atoms in total. The van der Waals surface area contributed by atoms with E-state index in [1.807, 2.05) is 24.3 Å². The Hall–Kier alpha value is -3.56. The summed E-state index contributed by atoms with van der Waals surface area (Å²) in [6.45, 7) is 5.94. The molecule has 3 N–H and O–H groups in total. The first-order chi connectivity index (χ1) is 12.9. The summed E-state index contributed by atoms with van der Waals surface area (Å²) in [5.41, 5.74) is 1.94. The Morgan fingerprint density at radius 2 is 1.89 bits per heavy atom. The number of para-hydroxylation sites is 1. The van der Waals surface area contributed by atoms with Crippen LogP contribution in [0.15, 0.2) is 24.3 Å². The molecule has 3 rings (SSSR count). The van der Waals surface area contributed by atoms with Crippen LogP contribution in [0.25, 0.3) is 5.69 Å². The molecule has 0 radical (unpaired) electrons. The Bertz CT molecular complexity index is 988. The van der Waals surface area contributed by atoms with Gasteiger partial charge in [-0.1, -0.05) is 32.0 Å². The second-order valence-corrected chi connectivity index (χ2v) is 6.16. The number of nitrogens with one attached hydrogen (secondary N) is 3. The lowest BCUT2D eigenvalue weighted by molar-refractivity contribution is 0.0959. The summed E-state index contributed by atoms with van der Waals surface area (Å²) in [5.74, 6) is -0.224. The highest BCUT2D eigenvalue weighted by Crippen LogP contribution is 2.23. The van der Waals surface area contributed by atoms with Crippen molar-refractivity contribution in [1.29, 1.82) is 0 Å². The van der Waals surface area contributed by atoms with E-state index in [2.05, 4.69) is 50.0 Å². The molecule has 0 fully saturated rings. The van der Waals surface area contributed by atoms with Crippen LogP contribution in [0.1, 0.15) is 52.3 Å². The second kappa shape index (κ2) is 7.36. The number of aromatic nitrogens is 6. The van der Waals surface area contributed by atoms with Gasteiger partial charge in [0.1, 0.15) is 5.82 Å². The molecule has 0 aliphatic rings. The molecule has 1 aromatic carbocycles. The zero-order valence-electron chi connectivity index (χ0n) is 15.4. The molecule has 0 unspecified atom stereocenters. The van der Waals surface area contributed by atoms with Crippen LogP contribution >= 0.6 is 0 Å². The molecule has 27 heavy (non-hydrogen) atoms. The molecule has 0 saturated carbocycles. The third-order valence-electron chi connectivity index (χ3n) is 3.98. The average Bonchev–Trinajstić information content (AvgIpc) is 3.27. The summed E-state index contributed by atoms with van der Waals surface area (Å²) in [4.78, 5) is 28.5. The Morgan fingerprint density at radius 3 is 2.59 bits per heavy atom. The number of aromatic amines is 1. The third kappa shape index (κ3) is 3.54. The van der Waals surface area contributed by atoms with Gasteiger partial charge in [-0.25, -0.2) is 9.67 Å². The smallest absolute Gasteiger partial charge is 0.296 e. The minimum atomic E-state index is -0.585. The molecule has 140 valence electrons. The summed E-state index contributed by atoms with van der Waals surface area (Å²) in [6.07, 6.45) is 0. The Kier molecular flexibility index (Phi) is 4.97. The maximum absolute atomic E-state index is 12.5. The van der Waals surface area contributed by atoms with Gasteiger partial charge in [0.05, 0.1) is 5.69 Å². The molecular weight excluding hydrogens is 348 g/mol. The number of benzene rings is 1. The van der Waals surface area contributed by atoms with Crippen molar-refractivity contribution in [2.45, 2.75) is 26.7 Å². The maximum atomic E-state index is 12.5. The number of rotatable bonds is 5. The largest absolute Gasteiger partial charge is 0.354 e. The fraction of sp³-hybridized carbons (Fsp3) is 0.294. The van der Waals surface area contributed by atoms with Crippen LogP contribution in [0.4, 0.5) is 5.82 Å². The van der Waals surface area contributed by atoms with Crippen LogP contribution in [0.3, 0.4) is 0 Å². The van der Waals surface area contributed by atoms with Gasteiger partial charge >= 0.3 is 0 Å². The van der Waals surface area contributed by atoms with Crippen LogP contribution in [0, 0.1) is 6.92 Å². The number of carbonyl (C=O) groups is 2. The van der Waals surface area contributed by atoms with E-state index in [1.54, 1.807) is 11.6 Å². The molecule has 10 heteroatoms. The van der Waals surface area contributed by atoms with Gasteiger partial charge in [-0.3, -0.25) is 9.59 Å². The number of hydrogen-bond donors (Lipinski definition) is 3. The predicted octanol–water partition coefficient (Wildman–Crippen LogP) is 1.43. The van der Waals surface area contributed by atoms with E-state index in [4.69, 9.17) is 0 Å². The van der Waals surface area contributed by atoms with Gasteiger partial charge in [-0.2, -0.15) is 5.21 Å². The van der Waals surface area contributed by atoms with Crippen molar-refractivity contribution in [2.24, 2.45) is 0 Å². The summed E-state index contributed by atoms with van der Waals surface area (Å²) in [6, 6.07) is 7.82. The number of anilines is 1. The molecule has 2 aromatic heterocycles. The zero-order chi connectivity index (χ0) is 19.6. The van der Waals surface area contributed by atoms with Crippen molar-refractivity contribution in [3.05, 3.63) is 47.2 Å². The highest BCUT2D eigenvalue weighted by Gasteiger charge is 2.22. The van der Waals surface area contributed by atoms with E-state index in [9.17, 15) is 9.59 Å². The van der Waals surface area contributed by atoms with Crippen molar-refractivity contribution in [2.75, 3.05) is 12.4 Å². The third-order valence-corrected chi connectivity index (χ3v) is 3.98. The molecule has 0 bridgehead atoms. The zero-order valence-corrected chi connectivity index (χ0v) is 15.4. The first kappa shape index (κ1) is 18.2. The van der Waals surface area contributed by atoms with Crippen LogP contribution in [0.2, 0.25) is 0 Å². The van der Waals surface area contributed by atoms with Gasteiger partial charge in [0.15, 0.2) is 11.5 Å². The van der Waals surface area contributed by atoms with Crippen molar-refractivity contribution in [1.82, 2.24) is 35.5 Å². The van der Waals surface area contributed by atoms with Gasteiger partial charge in [0.25, 0.3) is 11.8 Å². The lowest BCUT2D eigenvalue weighted by atomic mass is 10.0. The predicted molar refractivity (Wildman–Crippen MR) is 97.9 cm³/mol. The van der Waals surface area contributed by atoms with E-state index in [0.29, 0.717) is 5.82 Å². The fourth-order valence-corrected chi connectivity index (χ4v) is 2.64. The van der Waals surface area contributed by atoms with Crippen molar-refractivity contribution in [3.8, 4) is 5.69 Å². The van der Waals surface area contributed by atoms with E-state index in [1.165, 1.54) is 7.05 Å². The van der Waals surface area contributed by atoms with Crippen LogP contribution < -0.4 is 10.6 Å². The Morgan fingerprint density at radius 1 is 1.15 bits per heavy atom. The van der Waals surface area contributed by atoms with Gasteiger partial charge < -0.3 is 10.6 Å². The summed E-state index contributed by atoms with van der Waals surface area (Å²) < 4.78 is 1.63. The average molecular weight is 368 g/mol. The van der Waals surface area contributed by atoms with E-state index in [0.717, 1.165) is 11.3 Å². The second-order valence-electron chi connectivity index (χ2n) is 6.16. The van der Waals surface area contributed by atoms with Gasteiger partial charge in [0.2, 0.25) is 5.82 Å². The number of H-pyrrole nitrogens is 1. The van der Waals surface area contributed by atoms with E-state index >= 15 is 0 Å². The Labute approximate surface area is 155 Å². The van der Waals surface area contributed by atoms with Gasteiger partial charge in [0, 0.05) is 7.05 Å². The summed E-state index contributed by atoms with van der Waals surface area (Å²) in [5, 5.41) is 19.1. The normalized spacial score (nSPS) is 10.9. The highest BCUT2D eigenvalue weighted by molar-refractivity contribution is 6.05. The maximum Gasteiger partial charge on any atom is 0.296 e. The molecule has 3 aromatic rings. The lowest BCUT2D eigenvalue weighted by Crippen LogP contribution is -2.22. The molecule has 0 atom stereocenters. The first-order valence-corrected chi connectivity index (χ1v) is 8.39. The number of nitrogens with zero attached hydrogens (tertiary/aromatic N) is 5. The van der Waals surface area contributed by atoms with E-state index < -0.39 is 11.8 Å². The van der Waals surface area contributed by atoms with Crippen LogP contribution in [0.5, 0.6) is 0 Å². The number of carbonyl (C=O) groups excluding carboxylic acids is 2. The minimum Gasteiger partial charge on any atom is -0.354 e. The molecule has 0 aliphatic heterocycles. The molecule has 2 amide bonds. The number of aryl methyl sites for hydroxylation is 1. The van der Waals surface area contributed by atoms with Gasteiger partial charge in [-0.05, 0) is 24.5 Å². The number of amides is 2. The number of hydrogen-bond acceptors (Lipinski definition) is 6. The van der Waals surface area contributed by atoms with Crippen LogP contribution in [-0.2, 0) is 0 Å². The standard InChI is InChI=1S/C17H20N8O2/c1-9(2)11-7-5-6-8-12(11)25-10(3)19-15(23-25)17(27)20-14-13(16(26)18-4)21-24-22-14/h5-9H,1-4H3,(H,18,26)(H2,20,21,22,24,27). The summed E-state index contributed by atoms with van der Waals surface area (Å²) >= 11 is 0. The SMILES string of the molecule is CNC(=O)c1n[nH]nc1NC(=O)c1nc(C)n(-c2ccccc2C(C)C)n1. The molecular formula is C17H20N8O2. The topological polar surface area (TPSA) is 130 Å². The van der Waals surface area contributed by atoms with Crippen LogP contribution in [-0.4, -0.2) is 49.0 Å². The van der Waals surface area contributed by atoms with Gasteiger partial charge in [-0.15, -0.1) is 15.3 Å².